The largest absolute Gasteiger partial charge is 0.481 e. The highest BCUT2D eigenvalue weighted by molar-refractivity contribution is 5.74. The normalized spacial score (nSPS) is 16.2. The molecule has 0 aliphatic carbocycles. The molecule has 2 amide bonds. The SMILES string of the molecule is COc1ncccc1CN1CCCN(N)C1=O. The summed E-state index contributed by atoms with van der Waals surface area (Å²) >= 11 is 0. The van der Waals surface area contributed by atoms with Gasteiger partial charge in [-0.25, -0.2) is 15.6 Å². The van der Waals surface area contributed by atoms with Crippen LogP contribution in [-0.4, -0.2) is 41.1 Å². The van der Waals surface area contributed by atoms with Crippen LogP contribution in [-0.2, 0) is 6.54 Å². The van der Waals surface area contributed by atoms with E-state index in [2.05, 4.69) is 4.98 Å². The highest BCUT2D eigenvalue weighted by Gasteiger charge is 2.24. The Morgan fingerprint density at radius 2 is 2.35 bits per heavy atom. The lowest BCUT2D eigenvalue weighted by molar-refractivity contribution is 0.126. The maximum Gasteiger partial charge on any atom is 0.334 e. The molecule has 0 aromatic carbocycles. The van der Waals surface area contributed by atoms with E-state index in [4.69, 9.17) is 10.6 Å². The van der Waals surface area contributed by atoms with Crippen molar-refractivity contribution in [2.24, 2.45) is 5.84 Å². The zero-order valence-electron chi connectivity index (χ0n) is 9.80. The maximum absolute atomic E-state index is 11.8. The number of hydrazine groups is 1. The Balaban J connectivity index is 2.12. The molecule has 1 aliphatic rings. The van der Waals surface area contributed by atoms with E-state index in [1.165, 1.54) is 5.01 Å². The molecule has 0 spiro atoms. The first-order chi connectivity index (χ1) is 8.22. The topological polar surface area (TPSA) is 71.7 Å². The lowest BCUT2D eigenvalue weighted by Crippen LogP contribution is -2.52. The van der Waals surface area contributed by atoms with Gasteiger partial charge in [0, 0.05) is 24.8 Å². The number of amides is 2. The van der Waals surface area contributed by atoms with Gasteiger partial charge in [0.15, 0.2) is 0 Å². The molecule has 17 heavy (non-hydrogen) atoms. The van der Waals surface area contributed by atoms with Crippen LogP contribution in [0, 0.1) is 0 Å². The van der Waals surface area contributed by atoms with Crippen LogP contribution >= 0.6 is 0 Å². The molecule has 1 aromatic rings. The molecule has 6 heteroatoms. The van der Waals surface area contributed by atoms with Crippen molar-refractivity contribution in [2.45, 2.75) is 13.0 Å². The fourth-order valence-electron chi connectivity index (χ4n) is 1.89. The number of pyridine rings is 1. The van der Waals surface area contributed by atoms with Crippen LogP contribution in [0.25, 0.3) is 0 Å². The van der Waals surface area contributed by atoms with Crippen LogP contribution < -0.4 is 10.6 Å². The Kier molecular flexibility index (Phi) is 3.43. The van der Waals surface area contributed by atoms with Gasteiger partial charge in [0.1, 0.15) is 0 Å². The molecule has 2 rings (SSSR count). The van der Waals surface area contributed by atoms with Gasteiger partial charge in [0.2, 0.25) is 5.88 Å². The number of carbonyl (C=O) groups excluding carboxylic acids is 1. The second kappa shape index (κ2) is 5.01. The zero-order valence-corrected chi connectivity index (χ0v) is 9.80. The summed E-state index contributed by atoms with van der Waals surface area (Å²) in [6.45, 7) is 1.80. The van der Waals surface area contributed by atoms with Gasteiger partial charge < -0.3 is 9.64 Å². The molecule has 2 heterocycles. The summed E-state index contributed by atoms with van der Waals surface area (Å²) in [5, 5.41) is 1.24. The third kappa shape index (κ3) is 2.47. The molecular weight excluding hydrogens is 220 g/mol. The number of hydrogen-bond donors (Lipinski definition) is 1. The molecule has 0 atom stereocenters. The molecule has 1 aliphatic heterocycles. The third-order valence-corrected chi connectivity index (χ3v) is 2.75. The van der Waals surface area contributed by atoms with Crippen molar-refractivity contribution in [2.75, 3.05) is 20.2 Å². The number of rotatable bonds is 3. The fourth-order valence-corrected chi connectivity index (χ4v) is 1.89. The summed E-state index contributed by atoms with van der Waals surface area (Å²) in [6.07, 6.45) is 2.54. The predicted molar refractivity (Wildman–Crippen MR) is 62.1 cm³/mol. The number of hydrogen-bond acceptors (Lipinski definition) is 4. The standard InChI is InChI=1S/C11H16N4O2/c1-17-10-9(4-2-5-13-10)8-14-6-3-7-15(12)11(14)16/h2,4-5H,3,6-8,12H2,1H3. The number of ether oxygens (including phenoxy) is 1. The molecule has 1 aromatic heterocycles. The zero-order chi connectivity index (χ0) is 12.3. The average molecular weight is 236 g/mol. The number of nitrogens with two attached hydrogens (primary N) is 1. The van der Waals surface area contributed by atoms with E-state index in [0.29, 0.717) is 25.5 Å². The Morgan fingerprint density at radius 3 is 3.12 bits per heavy atom. The van der Waals surface area contributed by atoms with Crippen molar-refractivity contribution in [1.29, 1.82) is 0 Å². The smallest absolute Gasteiger partial charge is 0.334 e. The minimum Gasteiger partial charge on any atom is -0.481 e. The van der Waals surface area contributed by atoms with Crippen LogP contribution in [0.3, 0.4) is 0 Å². The molecule has 0 saturated carbocycles. The Hall–Kier alpha value is -1.82. The summed E-state index contributed by atoms with van der Waals surface area (Å²) < 4.78 is 5.16. The second-order valence-electron chi connectivity index (χ2n) is 3.92. The highest BCUT2D eigenvalue weighted by Crippen LogP contribution is 2.18. The lowest BCUT2D eigenvalue weighted by Gasteiger charge is -2.32. The van der Waals surface area contributed by atoms with Crippen LogP contribution in [0.15, 0.2) is 18.3 Å². The van der Waals surface area contributed by atoms with Crippen molar-refractivity contribution in [3.05, 3.63) is 23.9 Å². The van der Waals surface area contributed by atoms with Gasteiger partial charge in [-0.15, -0.1) is 0 Å². The molecule has 1 fully saturated rings. The number of methoxy groups -OCH3 is 1. The molecule has 2 N–H and O–H groups in total. The third-order valence-electron chi connectivity index (χ3n) is 2.75. The van der Waals surface area contributed by atoms with Crippen molar-refractivity contribution in [3.8, 4) is 5.88 Å². The van der Waals surface area contributed by atoms with E-state index >= 15 is 0 Å². The van der Waals surface area contributed by atoms with Crippen LogP contribution in [0.4, 0.5) is 4.79 Å². The van der Waals surface area contributed by atoms with Crippen molar-refractivity contribution in [1.82, 2.24) is 14.9 Å². The van der Waals surface area contributed by atoms with Crippen LogP contribution in [0.1, 0.15) is 12.0 Å². The van der Waals surface area contributed by atoms with Gasteiger partial charge in [-0.3, -0.25) is 5.01 Å². The van der Waals surface area contributed by atoms with Crippen molar-refractivity contribution in [3.63, 3.8) is 0 Å². The van der Waals surface area contributed by atoms with E-state index in [1.54, 1.807) is 18.2 Å². The number of nitrogens with zero attached hydrogens (tertiary/aromatic N) is 3. The van der Waals surface area contributed by atoms with Gasteiger partial charge in [0.25, 0.3) is 0 Å². The second-order valence-corrected chi connectivity index (χ2v) is 3.92. The number of urea groups is 1. The molecule has 92 valence electrons. The van der Waals surface area contributed by atoms with Crippen molar-refractivity contribution < 1.29 is 9.53 Å². The van der Waals surface area contributed by atoms with Gasteiger partial charge in [-0.2, -0.15) is 0 Å². The van der Waals surface area contributed by atoms with Gasteiger partial charge in [-0.1, -0.05) is 6.07 Å². The highest BCUT2D eigenvalue weighted by atomic mass is 16.5. The Bertz CT molecular complexity index is 410. The Labute approximate surface area is 99.9 Å². The van der Waals surface area contributed by atoms with E-state index < -0.39 is 0 Å². The number of aromatic nitrogens is 1. The fraction of sp³-hybridized carbons (Fsp3) is 0.455. The van der Waals surface area contributed by atoms with E-state index in [1.807, 2.05) is 12.1 Å². The molecular formula is C11H16N4O2. The predicted octanol–water partition coefficient (Wildman–Crippen LogP) is 0.592. The van der Waals surface area contributed by atoms with Crippen LogP contribution in [0.5, 0.6) is 5.88 Å². The maximum atomic E-state index is 11.8. The van der Waals surface area contributed by atoms with Gasteiger partial charge >= 0.3 is 6.03 Å². The summed E-state index contributed by atoms with van der Waals surface area (Å²) in [4.78, 5) is 17.6. The summed E-state index contributed by atoms with van der Waals surface area (Å²) in [7, 11) is 1.57. The van der Waals surface area contributed by atoms with E-state index in [0.717, 1.165) is 12.0 Å². The summed E-state index contributed by atoms with van der Waals surface area (Å²) in [5.41, 5.74) is 0.888. The lowest BCUT2D eigenvalue weighted by atomic mass is 10.2. The number of carbonyl (C=O) groups is 1. The van der Waals surface area contributed by atoms with Gasteiger partial charge in [-0.05, 0) is 12.5 Å². The van der Waals surface area contributed by atoms with E-state index in [9.17, 15) is 4.79 Å². The molecule has 0 radical (unpaired) electrons. The first-order valence-electron chi connectivity index (χ1n) is 5.51. The van der Waals surface area contributed by atoms with Gasteiger partial charge in [0.05, 0.1) is 13.7 Å². The van der Waals surface area contributed by atoms with E-state index in [-0.39, 0.29) is 6.03 Å². The first kappa shape index (κ1) is 11.7. The average Bonchev–Trinajstić information content (AvgIpc) is 2.35. The molecule has 0 bridgehead atoms. The summed E-state index contributed by atoms with van der Waals surface area (Å²) in [6, 6.07) is 3.57. The molecule has 0 unspecified atom stereocenters. The molecule has 6 nitrogen and oxygen atoms in total. The summed E-state index contributed by atoms with van der Waals surface area (Å²) in [5.74, 6) is 6.14. The van der Waals surface area contributed by atoms with Crippen LogP contribution in [0.2, 0.25) is 0 Å². The quantitative estimate of drug-likeness (QED) is 0.616. The monoisotopic (exact) mass is 236 g/mol. The first-order valence-corrected chi connectivity index (χ1v) is 5.51. The Morgan fingerprint density at radius 1 is 1.53 bits per heavy atom. The minimum absolute atomic E-state index is 0.151. The van der Waals surface area contributed by atoms with Crippen molar-refractivity contribution >= 4 is 6.03 Å². The minimum atomic E-state index is -0.151. The molecule has 1 saturated heterocycles.